The van der Waals surface area contributed by atoms with Crippen molar-refractivity contribution in [2.75, 3.05) is 31.6 Å². The van der Waals surface area contributed by atoms with E-state index in [1.165, 1.54) is 0 Å². The van der Waals surface area contributed by atoms with E-state index < -0.39 is 0 Å². The molecule has 0 N–H and O–H groups in total. The van der Waals surface area contributed by atoms with Gasteiger partial charge < -0.3 is 14.5 Å². The molecular formula is C20H25N5O2. The molecule has 0 aliphatic carbocycles. The number of methoxy groups -OCH3 is 1. The minimum atomic E-state index is 0.0980. The predicted octanol–water partition coefficient (Wildman–Crippen LogP) is 2.29. The first-order valence-corrected chi connectivity index (χ1v) is 9.46. The molecule has 7 nitrogen and oxygen atoms in total. The average molecular weight is 367 g/mol. The fraction of sp³-hybridized carbons (Fsp3) is 0.500. The molecule has 4 rings (SSSR count). The van der Waals surface area contributed by atoms with Gasteiger partial charge in [0.1, 0.15) is 0 Å². The van der Waals surface area contributed by atoms with Crippen LogP contribution in [0.1, 0.15) is 31.2 Å². The molecule has 142 valence electrons. The number of carbonyl (C=O) groups is 1. The standard InChI is InChI=1S/C20H25N5O2/c1-27-17-6-10-22-19(23-17)24-11-3-7-20(14-24)8-5-18(26)25(15-20)13-16-4-2-9-21-12-16/h2,4,6,9-10,12H,3,5,7-8,11,13-15H2,1H3. The maximum Gasteiger partial charge on any atom is 0.228 e. The lowest BCUT2D eigenvalue weighted by Gasteiger charge is -2.48. The summed E-state index contributed by atoms with van der Waals surface area (Å²) in [5.41, 5.74) is 1.17. The smallest absolute Gasteiger partial charge is 0.228 e. The Morgan fingerprint density at radius 2 is 2.15 bits per heavy atom. The molecule has 1 unspecified atom stereocenters. The maximum absolute atomic E-state index is 12.5. The molecule has 2 saturated heterocycles. The molecule has 2 fully saturated rings. The maximum atomic E-state index is 12.5. The Hall–Kier alpha value is -2.70. The normalized spacial score (nSPS) is 22.9. The largest absolute Gasteiger partial charge is 0.481 e. The molecule has 7 heteroatoms. The van der Waals surface area contributed by atoms with E-state index in [0.29, 0.717) is 24.8 Å². The van der Waals surface area contributed by atoms with Gasteiger partial charge in [0.25, 0.3) is 0 Å². The van der Waals surface area contributed by atoms with Crippen LogP contribution in [-0.2, 0) is 11.3 Å². The Kier molecular flexibility index (Phi) is 4.92. The number of rotatable bonds is 4. The van der Waals surface area contributed by atoms with Crippen LogP contribution in [0.2, 0.25) is 0 Å². The van der Waals surface area contributed by atoms with E-state index in [2.05, 4.69) is 19.9 Å². The molecule has 1 spiro atoms. The second-order valence-corrected chi connectivity index (χ2v) is 7.54. The lowest BCUT2D eigenvalue weighted by atomic mass is 9.73. The van der Waals surface area contributed by atoms with Crippen LogP contribution >= 0.6 is 0 Å². The van der Waals surface area contributed by atoms with Crippen molar-refractivity contribution in [3.05, 3.63) is 42.4 Å². The lowest BCUT2D eigenvalue weighted by molar-refractivity contribution is -0.138. The van der Waals surface area contributed by atoms with E-state index in [-0.39, 0.29) is 11.3 Å². The second-order valence-electron chi connectivity index (χ2n) is 7.54. The van der Waals surface area contributed by atoms with E-state index in [4.69, 9.17) is 4.74 Å². The number of aromatic nitrogens is 3. The van der Waals surface area contributed by atoms with Crippen molar-refractivity contribution in [1.82, 2.24) is 19.9 Å². The zero-order chi connectivity index (χ0) is 18.7. The van der Waals surface area contributed by atoms with Crippen molar-refractivity contribution in [2.24, 2.45) is 5.41 Å². The minimum absolute atomic E-state index is 0.0980. The highest BCUT2D eigenvalue weighted by molar-refractivity contribution is 5.77. The minimum Gasteiger partial charge on any atom is -0.481 e. The molecule has 1 atom stereocenters. The van der Waals surface area contributed by atoms with E-state index in [0.717, 1.165) is 44.5 Å². The first-order chi connectivity index (χ1) is 13.2. The first kappa shape index (κ1) is 17.7. The van der Waals surface area contributed by atoms with Crippen LogP contribution in [0.5, 0.6) is 5.88 Å². The van der Waals surface area contributed by atoms with Crippen LogP contribution in [0.3, 0.4) is 0 Å². The summed E-state index contributed by atoms with van der Waals surface area (Å²) in [6, 6.07) is 5.71. The molecule has 2 aliphatic rings. The van der Waals surface area contributed by atoms with Crippen LogP contribution in [0.15, 0.2) is 36.8 Å². The number of hydrogen-bond acceptors (Lipinski definition) is 6. The Morgan fingerprint density at radius 3 is 2.96 bits per heavy atom. The summed E-state index contributed by atoms with van der Waals surface area (Å²) in [5.74, 6) is 1.53. The Bertz CT molecular complexity index is 800. The second kappa shape index (κ2) is 7.50. The van der Waals surface area contributed by atoms with Crippen molar-refractivity contribution in [1.29, 1.82) is 0 Å². The fourth-order valence-electron chi connectivity index (χ4n) is 4.27. The number of ether oxygens (including phenoxy) is 1. The quantitative estimate of drug-likeness (QED) is 0.826. The molecule has 0 saturated carbocycles. The summed E-state index contributed by atoms with van der Waals surface area (Å²) in [6.45, 7) is 3.22. The van der Waals surface area contributed by atoms with Gasteiger partial charge in [0.2, 0.25) is 17.7 Å². The Balaban J connectivity index is 1.50. The highest BCUT2D eigenvalue weighted by Crippen LogP contribution is 2.40. The number of amides is 1. The van der Waals surface area contributed by atoms with Gasteiger partial charge in [-0.3, -0.25) is 9.78 Å². The van der Waals surface area contributed by atoms with Crippen molar-refractivity contribution >= 4 is 11.9 Å². The lowest BCUT2D eigenvalue weighted by Crippen LogP contribution is -2.54. The van der Waals surface area contributed by atoms with Crippen molar-refractivity contribution < 1.29 is 9.53 Å². The van der Waals surface area contributed by atoms with Crippen molar-refractivity contribution in [3.63, 3.8) is 0 Å². The Labute approximate surface area is 159 Å². The average Bonchev–Trinajstić information content (AvgIpc) is 2.72. The van der Waals surface area contributed by atoms with Crippen molar-refractivity contribution in [3.8, 4) is 5.88 Å². The third kappa shape index (κ3) is 3.86. The summed E-state index contributed by atoms with van der Waals surface area (Å²) >= 11 is 0. The third-order valence-corrected chi connectivity index (χ3v) is 5.62. The van der Waals surface area contributed by atoms with Gasteiger partial charge in [0.05, 0.1) is 7.11 Å². The molecule has 0 radical (unpaired) electrons. The van der Waals surface area contributed by atoms with Gasteiger partial charge in [-0.1, -0.05) is 6.07 Å². The highest BCUT2D eigenvalue weighted by Gasteiger charge is 2.42. The van der Waals surface area contributed by atoms with Crippen LogP contribution in [0.4, 0.5) is 5.95 Å². The summed E-state index contributed by atoms with van der Waals surface area (Å²) in [4.78, 5) is 29.9. The molecule has 1 amide bonds. The summed E-state index contributed by atoms with van der Waals surface area (Å²) in [6.07, 6.45) is 9.08. The van der Waals surface area contributed by atoms with Crippen molar-refractivity contribution in [2.45, 2.75) is 32.2 Å². The summed E-state index contributed by atoms with van der Waals surface area (Å²) in [5, 5.41) is 0. The molecule has 0 aromatic carbocycles. The van der Waals surface area contributed by atoms with Gasteiger partial charge in [-0.15, -0.1) is 0 Å². The van der Waals surface area contributed by atoms with Crippen LogP contribution in [-0.4, -0.2) is 52.5 Å². The SMILES string of the molecule is COc1ccnc(N2CCCC3(CCC(=O)N(Cc4cccnc4)C3)C2)n1. The van der Waals surface area contributed by atoms with Gasteiger partial charge in [-0.25, -0.2) is 4.98 Å². The summed E-state index contributed by atoms with van der Waals surface area (Å²) < 4.78 is 5.24. The van der Waals surface area contributed by atoms with Crippen LogP contribution < -0.4 is 9.64 Å². The van der Waals surface area contributed by atoms with E-state index in [9.17, 15) is 4.79 Å². The van der Waals surface area contributed by atoms with E-state index in [1.54, 1.807) is 25.6 Å². The number of anilines is 1. The monoisotopic (exact) mass is 367 g/mol. The van der Waals surface area contributed by atoms with Gasteiger partial charge >= 0.3 is 0 Å². The number of piperidine rings is 2. The third-order valence-electron chi connectivity index (χ3n) is 5.62. The molecule has 2 aliphatic heterocycles. The van der Waals surface area contributed by atoms with Gasteiger partial charge in [-0.2, -0.15) is 4.98 Å². The number of pyridine rings is 1. The highest BCUT2D eigenvalue weighted by atomic mass is 16.5. The van der Waals surface area contributed by atoms with Gasteiger partial charge in [0, 0.05) is 62.7 Å². The zero-order valence-electron chi connectivity index (χ0n) is 15.7. The topological polar surface area (TPSA) is 71.5 Å². The van der Waals surface area contributed by atoms with E-state index in [1.807, 2.05) is 23.2 Å². The van der Waals surface area contributed by atoms with Gasteiger partial charge in [0.15, 0.2) is 0 Å². The van der Waals surface area contributed by atoms with Gasteiger partial charge in [-0.05, 0) is 30.9 Å². The number of nitrogens with zero attached hydrogens (tertiary/aromatic N) is 5. The number of likely N-dealkylation sites (tertiary alicyclic amines) is 1. The molecule has 27 heavy (non-hydrogen) atoms. The fourth-order valence-corrected chi connectivity index (χ4v) is 4.27. The molecule has 2 aromatic heterocycles. The molecular weight excluding hydrogens is 342 g/mol. The molecule has 2 aromatic rings. The molecule has 4 heterocycles. The zero-order valence-corrected chi connectivity index (χ0v) is 15.7. The molecule has 0 bridgehead atoms. The van der Waals surface area contributed by atoms with Crippen LogP contribution in [0.25, 0.3) is 0 Å². The van der Waals surface area contributed by atoms with E-state index >= 15 is 0 Å². The van der Waals surface area contributed by atoms with Crippen LogP contribution in [0, 0.1) is 5.41 Å². The first-order valence-electron chi connectivity index (χ1n) is 9.46. The predicted molar refractivity (Wildman–Crippen MR) is 101 cm³/mol. The number of hydrogen-bond donors (Lipinski definition) is 0. The number of carbonyl (C=O) groups excluding carboxylic acids is 1. The summed E-state index contributed by atoms with van der Waals surface area (Å²) in [7, 11) is 1.62. The Morgan fingerprint density at radius 1 is 1.22 bits per heavy atom.